The molecule has 1 saturated carbocycles. The zero-order valence-electron chi connectivity index (χ0n) is 17.3. The molecule has 1 saturated heterocycles. The molecule has 6 nitrogen and oxygen atoms in total. The lowest BCUT2D eigenvalue weighted by Gasteiger charge is -2.40. The Hall–Kier alpha value is -2.55. The van der Waals surface area contributed by atoms with Gasteiger partial charge in [-0.15, -0.1) is 0 Å². The Balaban J connectivity index is 1.73. The van der Waals surface area contributed by atoms with Crippen molar-refractivity contribution in [3.63, 3.8) is 0 Å². The summed E-state index contributed by atoms with van der Waals surface area (Å²) in [6.45, 7) is 0.447. The monoisotopic (exact) mass is 437 g/mol. The van der Waals surface area contributed by atoms with E-state index in [2.05, 4.69) is 5.32 Å². The van der Waals surface area contributed by atoms with Crippen LogP contribution in [0, 0.1) is 5.92 Å². The highest BCUT2D eigenvalue weighted by molar-refractivity contribution is 5.95. The first kappa shape index (κ1) is 21.7. The Morgan fingerprint density at radius 3 is 2.52 bits per heavy atom. The second kappa shape index (κ2) is 8.53. The number of benzene rings is 1. The number of piperidine rings is 1. The minimum absolute atomic E-state index is 0.0467. The van der Waals surface area contributed by atoms with Crippen molar-refractivity contribution in [1.29, 1.82) is 0 Å². The number of nitrogens with one attached hydrogen (secondary N) is 1. The van der Waals surface area contributed by atoms with Crippen LogP contribution in [0.5, 0.6) is 0 Å². The Labute approximate surface area is 179 Å². The topological polar surface area (TPSA) is 61.9 Å². The van der Waals surface area contributed by atoms with Gasteiger partial charge in [-0.3, -0.25) is 9.80 Å². The van der Waals surface area contributed by atoms with E-state index in [0.29, 0.717) is 18.7 Å². The highest BCUT2D eigenvalue weighted by Crippen LogP contribution is 2.39. The van der Waals surface area contributed by atoms with Gasteiger partial charge in [-0.2, -0.15) is 13.2 Å². The molecule has 0 unspecified atom stereocenters. The number of carbonyl (C=O) groups excluding carboxylic acids is 2. The fourth-order valence-electron chi connectivity index (χ4n) is 4.48. The summed E-state index contributed by atoms with van der Waals surface area (Å²) >= 11 is 0. The molecule has 2 aliphatic heterocycles. The quantitative estimate of drug-likeness (QED) is 0.715. The van der Waals surface area contributed by atoms with Crippen molar-refractivity contribution in [2.45, 2.75) is 43.9 Å². The van der Waals surface area contributed by atoms with Crippen LogP contribution in [0.3, 0.4) is 0 Å². The van der Waals surface area contributed by atoms with Gasteiger partial charge in [0.1, 0.15) is 0 Å². The van der Waals surface area contributed by atoms with E-state index in [1.807, 2.05) is 18.2 Å². The number of hydrogen-bond acceptors (Lipinski definition) is 4. The average Bonchev–Trinajstić information content (AvgIpc) is 3.58. The molecule has 9 heteroatoms. The molecule has 1 aromatic carbocycles. The fraction of sp³-hybridized carbons (Fsp3) is 0.545. The summed E-state index contributed by atoms with van der Waals surface area (Å²) in [5.74, 6) is -1.99. The van der Waals surface area contributed by atoms with Gasteiger partial charge in [0, 0.05) is 24.8 Å². The van der Waals surface area contributed by atoms with Crippen molar-refractivity contribution >= 4 is 12.0 Å². The van der Waals surface area contributed by atoms with E-state index in [-0.39, 0.29) is 37.2 Å². The van der Waals surface area contributed by atoms with Gasteiger partial charge in [0.15, 0.2) is 0 Å². The van der Waals surface area contributed by atoms with Crippen molar-refractivity contribution in [3.8, 4) is 0 Å². The lowest BCUT2D eigenvalue weighted by atomic mass is 9.93. The number of esters is 1. The van der Waals surface area contributed by atoms with E-state index in [9.17, 15) is 22.8 Å². The van der Waals surface area contributed by atoms with Crippen LogP contribution in [0.1, 0.15) is 37.3 Å². The van der Waals surface area contributed by atoms with Gasteiger partial charge in [-0.1, -0.05) is 30.3 Å². The van der Waals surface area contributed by atoms with Crippen LogP contribution in [-0.4, -0.2) is 60.8 Å². The largest absolute Gasteiger partial charge is 0.466 e. The number of nitrogens with zero attached hydrogens (tertiary/aromatic N) is 2. The maximum absolute atomic E-state index is 13.3. The van der Waals surface area contributed by atoms with Gasteiger partial charge in [-0.25, -0.2) is 9.59 Å². The fourth-order valence-corrected chi connectivity index (χ4v) is 4.48. The molecule has 0 radical (unpaired) electrons. The minimum atomic E-state index is -4.26. The van der Waals surface area contributed by atoms with Crippen molar-refractivity contribution in [3.05, 3.63) is 47.2 Å². The number of amides is 2. The van der Waals surface area contributed by atoms with Crippen LogP contribution >= 0.6 is 0 Å². The summed E-state index contributed by atoms with van der Waals surface area (Å²) in [5.41, 5.74) is 1.46. The number of halogens is 3. The molecule has 0 bridgehead atoms. The first-order valence-electron chi connectivity index (χ1n) is 10.5. The highest BCUT2D eigenvalue weighted by atomic mass is 19.4. The number of ether oxygens (including phenoxy) is 1. The molecule has 2 fully saturated rings. The van der Waals surface area contributed by atoms with E-state index in [1.165, 1.54) is 7.11 Å². The summed E-state index contributed by atoms with van der Waals surface area (Å²) in [6, 6.07) is 7.96. The summed E-state index contributed by atoms with van der Waals surface area (Å²) < 4.78 is 45.0. The molecule has 0 aromatic heterocycles. The summed E-state index contributed by atoms with van der Waals surface area (Å²) in [4.78, 5) is 29.1. The van der Waals surface area contributed by atoms with Crippen LogP contribution < -0.4 is 5.32 Å². The lowest BCUT2D eigenvalue weighted by Crippen LogP contribution is -2.52. The molecule has 4 rings (SSSR count). The molecule has 168 valence electrons. The third-order valence-corrected chi connectivity index (χ3v) is 6.17. The van der Waals surface area contributed by atoms with E-state index in [0.717, 1.165) is 18.4 Å². The van der Waals surface area contributed by atoms with Crippen molar-refractivity contribution in [2.75, 3.05) is 26.7 Å². The van der Waals surface area contributed by atoms with Crippen LogP contribution in [0.25, 0.3) is 0 Å². The van der Waals surface area contributed by atoms with E-state index in [1.54, 1.807) is 21.9 Å². The van der Waals surface area contributed by atoms with Crippen LogP contribution in [0.2, 0.25) is 0 Å². The molecule has 1 aromatic rings. The molecular formula is C22H26F3N3O3. The maximum atomic E-state index is 13.3. The SMILES string of the molecule is COC(=O)C1=C(CN2CCC[C@H](C(F)(F)F)C2)N(C2CC2)C(=O)N[C@@H]1c1ccccc1. The summed E-state index contributed by atoms with van der Waals surface area (Å²) in [6.07, 6.45) is -2.14. The number of hydrogen-bond donors (Lipinski definition) is 1. The van der Waals surface area contributed by atoms with Crippen molar-refractivity contribution in [2.24, 2.45) is 5.92 Å². The third kappa shape index (κ3) is 4.56. The zero-order chi connectivity index (χ0) is 22.2. The van der Waals surface area contributed by atoms with Gasteiger partial charge in [0.2, 0.25) is 0 Å². The van der Waals surface area contributed by atoms with Gasteiger partial charge < -0.3 is 10.1 Å². The minimum Gasteiger partial charge on any atom is -0.466 e. The number of rotatable bonds is 5. The number of urea groups is 1. The van der Waals surface area contributed by atoms with E-state index < -0.39 is 24.1 Å². The Bertz CT molecular complexity index is 868. The van der Waals surface area contributed by atoms with Gasteiger partial charge >= 0.3 is 18.2 Å². The van der Waals surface area contributed by atoms with Crippen molar-refractivity contribution < 1.29 is 27.5 Å². The first-order chi connectivity index (χ1) is 14.8. The van der Waals surface area contributed by atoms with Gasteiger partial charge in [0.05, 0.1) is 24.6 Å². The molecule has 2 heterocycles. The molecule has 3 aliphatic rings. The van der Waals surface area contributed by atoms with Gasteiger partial charge in [-0.05, 0) is 37.8 Å². The van der Waals surface area contributed by atoms with Gasteiger partial charge in [0.25, 0.3) is 0 Å². The number of alkyl halides is 3. The maximum Gasteiger partial charge on any atom is 0.393 e. The first-order valence-corrected chi connectivity index (χ1v) is 10.5. The number of carbonyl (C=O) groups is 2. The van der Waals surface area contributed by atoms with Crippen LogP contribution in [0.4, 0.5) is 18.0 Å². The number of methoxy groups -OCH3 is 1. The smallest absolute Gasteiger partial charge is 0.393 e. The number of likely N-dealkylation sites (tertiary alicyclic amines) is 1. The zero-order valence-corrected chi connectivity index (χ0v) is 17.3. The van der Waals surface area contributed by atoms with Crippen molar-refractivity contribution in [1.82, 2.24) is 15.1 Å². The Morgan fingerprint density at radius 2 is 1.90 bits per heavy atom. The lowest BCUT2D eigenvalue weighted by molar-refractivity contribution is -0.186. The molecule has 31 heavy (non-hydrogen) atoms. The molecule has 1 aliphatic carbocycles. The van der Waals surface area contributed by atoms with Crippen LogP contribution in [0.15, 0.2) is 41.6 Å². The molecule has 0 spiro atoms. The molecule has 2 amide bonds. The second-order valence-corrected chi connectivity index (χ2v) is 8.36. The predicted molar refractivity (Wildman–Crippen MR) is 107 cm³/mol. The second-order valence-electron chi connectivity index (χ2n) is 8.36. The molecule has 2 atom stereocenters. The average molecular weight is 437 g/mol. The molecule has 1 N–H and O–H groups in total. The van der Waals surface area contributed by atoms with E-state index >= 15 is 0 Å². The standard InChI is InChI=1S/C22H26F3N3O3/c1-31-20(29)18-17(13-27-11-5-8-15(12-27)22(23,24)25)28(16-9-10-16)21(30)26-19(18)14-6-3-2-4-7-14/h2-4,6-7,15-16,19H,5,8-13H2,1H3,(H,26,30)/t15-,19+/m0/s1. The van der Waals surface area contributed by atoms with Crippen LogP contribution in [-0.2, 0) is 9.53 Å². The highest BCUT2D eigenvalue weighted by Gasteiger charge is 2.46. The predicted octanol–water partition coefficient (Wildman–Crippen LogP) is 3.62. The summed E-state index contributed by atoms with van der Waals surface area (Å²) in [5, 5.41) is 2.90. The van der Waals surface area contributed by atoms with E-state index in [4.69, 9.17) is 4.74 Å². The third-order valence-electron chi connectivity index (χ3n) is 6.17. The normalized spacial score (nSPS) is 25.4. The Morgan fingerprint density at radius 1 is 1.19 bits per heavy atom. The Kier molecular flexibility index (Phi) is 5.96. The summed E-state index contributed by atoms with van der Waals surface area (Å²) in [7, 11) is 1.27. The molecular weight excluding hydrogens is 411 g/mol.